The number of halogens is 1. The first-order chi connectivity index (χ1) is 8.41. The molecule has 1 aromatic heterocycles. The largest absolute Gasteiger partial charge is 0.275 e. The number of aryl methyl sites for hydroxylation is 1. The first kappa shape index (κ1) is 13.3. The number of carbonyl (C=O) groups excluding carboxylic acids is 1. The number of benzene rings is 1. The molecular weight excluding hydrogens is 292 g/mol. The van der Waals surface area contributed by atoms with E-state index in [1.165, 1.54) is 12.1 Å². The van der Waals surface area contributed by atoms with Crippen LogP contribution in [0.2, 0.25) is 0 Å². The minimum atomic E-state index is -3.56. The molecule has 2 rings (SSSR count). The van der Waals surface area contributed by atoms with E-state index in [2.05, 4.69) is 0 Å². The molecule has 0 amide bonds. The molecule has 3 nitrogen and oxygen atoms in total. The number of sulfone groups is 1. The lowest BCUT2D eigenvalue weighted by atomic mass is 10.2. The van der Waals surface area contributed by atoms with E-state index < -0.39 is 15.1 Å². The molecule has 0 aliphatic heterocycles. The molecular formula is C12H9ClO3S2. The summed E-state index contributed by atoms with van der Waals surface area (Å²) in [6.45, 7) is 1.88. The molecule has 0 spiro atoms. The lowest BCUT2D eigenvalue weighted by molar-refractivity contribution is 0.108. The highest BCUT2D eigenvalue weighted by Gasteiger charge is 2.20. The van der Waals surface area contributed by atoms with Crippen LogP contribution in [0.5, 0.6) is 0 Å². The van der Waals surface area contributed by atoms with Gasteiger partial charge in [0.1, 0.15) is 4.21 Å². The van der Waals surface area contributed by atoms with Crippen LogP contribution in [0.25, 0.3) is 0 Å². The fourth-order valence-corrected chi connectivity index (χ4v) is 4.12. The van der Waals surface area contributed by atoms with Crippen LogP contribution in [0.15, 0.2) is 45.5 Å². The minimum Gasteiger partial charge on any atom is -0.275 e. The van der Waals surface area contributed by atoms with E-state index in [4.69, 9.17) is 11.6 Å². The molecule has 0 aliphatic carbocycles. The molecule has 0 aliphatic rings. The predicted molar refractivity (Wildman–Crippen MR) is 71.1 cm³/mol. The molecule has 0 fully saturated rings. The molecule has 0 bridgehead atoms. The van der Waals surface area contributed by atoms with Crippen LogP contribution in [0.4, 0.5) is 0 Å². The number of carbonyl (C=O) groups is 1. The normalized spacial score (nSPS) is 11.4. The summed E-state index contributed by atoms with van der Waals surface area (Å²) in [6.07, 6.45) is 0. The van der Waals surface area contributed by atoms with Gasteiger partial charge < -0.3 is 0 Å². The van der Waals surface area contributed by atoms with Gasteiger partial charge in [-0.3, -0.25) is 4.79 Å². The highest BCUT2D eigenvalue weighted by atomic mass is 35.5. The second-order valence-electron chi connectivity index (χ2n) is 3.71. The monoisotopic (exact) mass is 300 g/mol. The average Bonchev–Trinajstić information content (AvgIpc) is 2.79. The maximum absolute atomic E-state index is 12.2. The zero-order chi connectivity index (χ0) is 13.3. The van der Waals surface area contributed by atoms with Crippen LogP contribution in [0, 0.1) is 6.92 Å². The summed E-state index contributed by atoms with van der Waals surface area (Å²) >= 11 is 6.19. The first-order valence-corrected chi connectivity index (χ1v) is 7.70. The van der Waals surface area contributed by atoms with Gasteiger partial charge in [0.15, 0.2) is 0 Å². The molecule has 0 N–H and O–H groups in total. The van der Waals surface area contributed by atoms with Crippen LogP contribution in [0.3, 0.4) is 0 Å². The predicted octanol–water partition coefficient (Wildman–Crippen LogP) is 3.27. The van der Waals surface area contributed by atoms with Crippen LogP contribution >= 0.6 is 22.9 Å². The third kappa shape index (κ3) is 2.48. The van der Waals surface area contributed by atoms with Gasteiger partial charge >= 0.3 is 0 Å². The maximum Gasteiger partial charge on any atom is 0.262 e. The highest BCUT2D eigenvalue weighted by Crippen LogP contribution is 2.28. The van der Waals surface area contributed by atoms with Crippen LogP contribution in [-0.2, 0) is 9.84 Å². The molecule has 94 valence electrons. The molecule has 0 saturated heterocycles. The Morgan fingerprint density at radius 1 is 1.11 bits per heavy atom. The second-order valence-corrected chi connectivity index (χ2v) is 7.31. The van der Waals surface area contributed by atoms with Crippen LogP contribution < -0.4 is 0 Å². The Kier molecular flexibility index (Phi) is 3.56. The third-order valence-electron chi connectivity index (χ3n) is 2.37. The Balaban J connectivity index is 2.47. The topological polar surface area (TPSA) is 51.2 Å². The van der Waals surface area contributed by atoms with Crippen molar-refractivity contribution in [3.05, 3.63) is 46.8 Å². The Morgan fingerprint density at radius 3 is 2.22 bits per heavy atom. The van der Waals surface area contributed by atoms with E-state index in [-0.39, 0.29) is 14.0 Å². The van der Waals surface area contributed by atoms with Crippen LogP contribution in [-0.4, -0.2) is 13.7 Å². The van der Waals surface area contributed by atoms with Gasteiger partial charge in [-0.1, -0.05) is 17.7 Å². The first-order valence-electron chi connectivity index (χ1n) is 5.02. The van der Waals surface area contributed by atoms with Crippen molar-refractivity contribution < 1.29 is 13.2 Å². The lowest BCUT2D eigenvalue weighted by Gasteiger charge is -2.01. The molecule has 0 unspecified atom stereocenters. The van der Waals surface area contributed by atoms with Crippen LogP contribution in [0.1, 0.15) is 15.2 Å². The molecule has 6 heteroatoms. The average molecular weight is 301 g/mol. The standard InChI is InChI=1S/C12H9ClO3S2/c1-8-2-4-9(5-3-8)18(15,16)11-7-6-10(17-11)12(13)14/h2-7H,1H3. The molecule has 1 heterocycles. The van der Waals surface area contributed by atoms with Crippen molar-refractivity contribution in [2.45, 2.75) is 16.0 Å². The summed E-state index contributed by atoms with van der Waals surface area (Å²) in [5.74, 6) is 0. The Hall–Kier alpha value is -1.17. The van der Waals surface area contributed by atoms with Crippen molar-refractivity contribution in [3.63, 3.8) is 0 Å². The SMILES string of the molecule is Cc1ccc(S(=O)(=O)c2ccc(C(=O)Cl)s2)cc1. The van der Waals surface area contributed by atoms with Gasteiger partial charge in [-0.2, -0.15) is 0 Å². The van der Waals surface area contributed by atoms with Crippen molar-refractivity contribution in [2.24, 2.45) is 0 Å². The summed E-state index contributed by atoms with van der Waals surface area (Å²) in [5.41, 5.74) is 0.983. The Morgan fingerprint density at radius 2 is 1.72 bits per heavy atom. The van der Waals surface area contributed by atoms with Crippen molar-refractivity contribution in [1.82, 2.24) is 0 Å². The molecule has 0 radical (unpaired) electrons. The van der Waals surface area contributed by atoms with Gasteiger partial charge in [0.2, 0.25) is 9.84 Å². The minimum absolute atomic E-state index is 0.121. The van der Waals surface area contributed by atoms with Gasteiger partial charge in [-0.05, 0) is 42.8 Å². The van der Waals surface area contributed by atoms with Crippen molar-refractivity contribution in [3.8, 4) is 0 Å². The van der Waals surface area contributed by atoms with Gasteiger partial charge in [-0.15, -0.1) is 11.3 Å². The van der Waals surface area contributed by atoms with E-state index in [0.29, 0.717) is 0 Å². The highest BCUT2D eigenvalue weighted by molar-refractivity contribution is 7.93. The van der Waals surface area contributed by atoms with E-state index in [0.717, 1.165) is 16.9 Å². The van der Waals surface area contributed by atoms with Gasteiger partial charge in [0.05, 0.1) is 9.77 Å². The van der Waals surface area contributed by atoms with Crippen molar-refractivity contribution in [1.29, 1.82) is 0 Å². The van der Waals surface area contributed by atoms with Crippen molar-refractivity contribution in [2.75, 3.05) is 0 Å². The Bertz CT molecular complexity index is 684. The molecule has 1 aromatic carbocycles. The summed E-state index contributed by atoms with van der Waals surface area (Å²) in [4.78, 5) is 11.4. The number of thiophene rings is 1. The van der Waals surface area contributed by atoms with E-state index in [1.54, 1.807) is 24.3 Å². The molecule has 18 heavy (non-hydrogen) atoms. The smallest absolute Gasteiger partial charge is 0.262 e. The van der Waals surface area contributed by atoms with Crippen molar-refractivity contribution >= 4 is 38.0 Å². The molecule has 0 atom stereocenters. The Labute approximate surface area is 114 Å². The number of rotatable bonds is 3. The lowest BCUT2D eigenvalue weighted by Crippen LogP contribution is -1.99. The van der Waals surface area contributed by atoms with E-state index >= 15 is 0 Å². The second kappa shape index (κ2) is 4.84. The summed E-state index contributed by atoms with van der Waals surface area (Å²) in [5, 5.41) is -0.648. The van der Waals surface area contributed by atoms with Gasteiger partial charge in [-0.25, -0.2) is 8.42 Å². The summed E-state index contributed by atoms with van der Waals surface area (Å²) < 4.78 is 24.6. The fourth-order valence-electron chi connectivity index (χ4n) is 1.40. The third-order valence-corrected chi connectivity index (χ3v) is 6.03. The maximum atomic E-state index is 12.2. The zero-order valence-corrected chi connectivity index (χ0v) is 11.8. The number of hydrogen-bond acceptors (Lipinski definition) is 4. The molecule has 2 aromatic rings. The van der Waals surface area contributed by atoms with Gasteiger partial charge in [0, 0.05) is 0 Å². The number of hydrogen-bond donors (Lipinski definition) is 0. The van der Waals surface area contributed by atoms with Gasteiger partial charge in [0.25, 0.3) is 5.24 Å². The summed E-state index contributed by atoms with van der Waals surface area (Å²) in [7, 11) is -3.56. The zero-order valence-electron chi connectivity index (χ0n) is 9.38. The van der Waals surface area contributed by atoms with E-state index in [1.807, 2.05) is 6.92 Å². The fraction of sp³-hybridized carbons (Fsp3) is 0.0833. The molecule has 0 saturated carbocycles. The van der Waals surface area contributed by atoms with E-state index in [9.17, 15) is 13.2 Å². The quantitative estimate of drug-likeness (QED) is 0.818. The summed E-state index contributed by atoms with van der Waals surface area (Å²) in [6, 6.07) is 9.37.